The van der Waals surface area contributed by atoms with Crippen molar-refractivity contribution < 1.29 is 9.47 Å². The second-order valence-corrected chi connectivity index (χ2v) is 6.05. The maximum atomic E-state index is 5.42. The topological polar surface area (TPSA) is 33.7 Å². The molecule has 0 amide bonds. The van der Waals surface area contributed by atoms with E-state index in [9.17, 15) is 0 Å². The van der Waals surface area contributed by atoms with Gasteiger partial charge in [-0.15, -0.1) is 0 Å². The molecule has 19 heavy (non-hydrogen) atoms. The number of ether oxygens (including phenoxy) is 2. The van der Waals surface area contributed by atoms with Gasteiger partial charge >= 0.3 is 0 Å². The molecule has 1 aromatic carbocycles. The van der Waals surface area contributed by atoms with E-state index in [-0.39, 0.29) is 0 Å². The first-order valence-corrected chi connectivity index (χ1v) is 7.52. The maximum absolute atomic E-state index is 5.42. The lowest BCUT2D eigenvalue weighted by Gasteiger charge is -2.15. The summed E-state index contributed by atoms with van der Waals surface area (Å²) in [6.45, 7) is 3.29. The van der Waals surface area contributed by atoms with E-state index >= 15 is 0 Å². The highest BCUT2D eigenvalue weighted by molar-refractivity contribution is 9.10. The number of likely N-dealkylation sites (N-methyl/N-ethyl adjacent to an activating group) is 1. The Morgan fingerprint density at radius 3 is 3.00 bits per heavy atom. The highest BCUT2D eigenvalue weighted by Crippen LogP contribution is 2.39. The predicted octanol–water partition coefficient (Wildman–Crippen LogP) is 2.36. The molecule has 0 saturated heterocycles. The maximum Gasteiger partial charge on any atom is 0.231 e. The number of hydrogen-bond donors (Lipinski definition) is 1. The zero-order chi connectivity index (χ0) is 13.2. The molecule has 1 saturated carbocycles. The Morgan fingerprint density at radius 2 is 2.21 bits per heavy atom. The van der Waals surface area contributed by atoms with Crippen LogP contribution in [-0.4, -0.2) is 37.9 Å². The zero-order valence-corrected chi connectivity index (χ0v) is 12.7. The molecule has 0 bridgehead atoms. The summed E-state index contributed by atoms with van der Waals surface area (Å²) in [5.74, 6) is 1.65. The Kier molecular flexibility index (Phi) is 3.96. The minimum Gasteiger partial charge on any atom is -0.454 e. The molecule has 104 valence electrons. The molecule has 0 aromatic heterocycles. The molecular formula is C14H19BrN2O2. The molecule has 1 aromatic rings. The van der Waals surface area contributed by atoms with Gasteiger partial charge in [0.1, 0.15) is 0 Å². The Balaban J connectivity index is 1.48. The number of nitrogens with zero attached hydrogens (tertiary/aromatic N) is 1. The van der Waals surface area contributed by atoms with Gasteiger partial charge in [0.2, 0.25) is 6.79 Å². The van der Waals surface area contributed by atoms with Gasteiger partial charge < -0.3 is 19.7 Å². The van der Waals surface area contributed by atoms with Crippen LogP contribution < -0.4 is 14.8 Å². The summed E-state index contributed by atoms with van der Waals surface area (Å²) in [4.78, 5) is 2.43. The van der Waals surface area contributed by atoms with E-state index in [2.05, 4.69) is 39.3 Å². The highest BCUT2D eigenvalue weighted by Gasteiger charge is 2.25. The van der Waals surface area contributed by atoms with Crippen molar-refractivity contribution in [2.24, 2.45) is 0 Å². The van der Waals surface area contributed by atoms with Crippen LogP contribution in [0.5, 0.6) is 11.5 Å². The van der Waals surface area contributed by atoms with Gasteiger partial charge in [0.15, 0.2) is 11.5 Å². The molecule has 1 heterocycles. The molecule has 1 fully saturated rings. The molecule has 0 unspecified atom stereocenters. The molecule has 1 aliphatic carbocycles. The van der Waals surface area contributed by atoms with Crippen LogP contribution in [0.2, 0.25) is 0 Å². The summed E-state index contributed by atoms with van der Waals surface area (Å²) in [6.07, 6.45) is 2.73. The van der Waals surface area contributed by atoms with Crippen molar-refractivity contribution in [2.75, 3.05) is 26.9 Å². The van der Waals surface area contributed by atoms with E-state index < -0.39 is 0 Å². The monoisotopic (exact) mass is 326 g/mol. The summed E-state index contributed by atoms with van der Waals surface area (Å²) < 4.78 is 11.8. The molecule has 4 nitrogen and oxygen atoms in total. The van der Waals surface area contributed by atoms with Crippen LogP contribution in [-0.2, 0) is 6.54 Å². The first-order valence-electron chi connectivity index (χ1n) is 6.73. The van der Waals surface area contributed by atoms with Gasteiger partial charge in [-0.3, -0.25) is 0 Å². The van der Waals surface area contributed by atoms with E-state index in [0.717, 1.165) is 41.6 Å². The van der Waals surface area contributed by atoms with E-state index in [1.54, 1.807) is 0 Å². The van der Waals surface area contributed by atoms with Crippen molar-refractivity contribution in [2.45, 2.75) is 25.4 Å². The van der Waals surface area contributed by atoms with Crippen LogP contribution in [0.1, 0.15) is 18.4 Å². The van der Waals surface area contributed by atoms with Crippen LogP contribution in [0.15, 0.2) is 16.6 Å². The summed E-state index contributed by atoms with van der Waals surface area (Å²) >= 11 is 3.52. The first-order chi connectivity index (χ1) is 9.24. The first kappa shape index (κ1) is 13.2. The predicted molar refractivity (Wildman–Crippen MR) is 77.6 cm³/mol. The van der Waals surface area contributed by atoms with Gasteiger partial charge in [0, 0.05) is 25.7 Å². The van der Waals surface area contributed by atoms with Gasteiger partial charge in [-0.2, -0.15) is 0 Å². The summed E-state index contributed by atoms with van der Waals surface area (Å²) in [7, 11) is 2.20. The molecule has 0 radical (unpaired) electrons. The lowest BCUT2D eigenvalue weighted by molar-refractivity contribution is 0.173. The fourth-order valence-electron chi connectivity index (χ4n) is 2.31. The average molecular weight is 327 g/mol. The van der Waals surface area contributed by atoms with Crippen molar-refractivity contribution in [3.05, 3.63) is 22.2 Å². The third-order valence-electron chi connectivity index (χ3n) is 3.63. The number of benzene rings is 1. The Bertz CT molecular complexity index is 463. The molecule has 1 N–H and O–H groups in total. The van der Waals surface area contributed by atoms with Crippen LogP contribution in [0.3, 0.4) is 0 Å². The van der Waals surface area contributed by atoms with E-state index in [4.69, 9.17) is 9.47 Å². The lowest BCUT2D eigenvalue weighted by Crippen LogP contribution is -2.30. The van der Waals surface area contributed by atoms with E-state index in [0.29, 0.717) is 6.79 Å². The van der Waals surface area contributed by atoms with E-state index in [1.165, 1.54) is 18.4 Å². The quantitative estimate of drug-likeness (QED) is 0.814. The third-order valence-corrected chi connectivity index (χ3v) is 4.22. The average Bonchev–Trinajstić information content (AvgIpc) is 3.13. The standard InChI is InChI=1S/C14H19BrN2O2/c1-17(11-2-3-11)5-4-16-8-10-6-12(15)14-13(7-10)18-9-19-14/h6-7,11,16H,2-5,8-9H2,1H3. The molecule has 2 aliphatic rings. The summed E-state index contributed by atoms with van der Waals surface area (Å²) in [5, 5.41) is 3.47. The Morgan fingerprint density at radius 1 is 1.37 bits per heavy atom. The number of fused-ring (bicyclic) bond motifs is 1. The molecule has 0 spiro atoms. The van der Waals surface area contributed by atoms with Gasteiger partial charge in [0.05, 0.1) is 4.47 Å². The van der Waals surface area contributed by atoms with Gasteiger partial charge in [-0.1, -0.05) is 0 Å². The fraction of sp³-hybridized carbons (Fsp3) is 0.571. The Labute approximate surface area is 122 Å². The van der Waals surface area contributed by atoms with Crippen LogP contribution in [0, 0.1) is 0 Å². The molecular weight excluding hydrogens is 308 g/mol. The number of nitrogens with one attached hydrogen (secondary N) is 1. The molecule has 5 heteroatoms. The largest absolute Gasteiger partial charge is 0.454 e. The van der Waals surface area contributed by atoms with Crippen molar-refractivity contribution >= 4 is 15.9 Å². The van der Waals surface area contributed by atoms with Gasteiger partial charge in [-0.25, -0.2) is 0 Å². The van der Waals surface area contributed by atoms with Crippen molar-refractivity contribution in [3.63, 3.8) is 0 Å². The van der Waals surface area contributed by atoms with Gasteiger partial charge in [0.25, 0.3) is 0 Å². The van der Waals surface area contributed by atoms with Crippen molar-refractivity contribution in [1.29, 1.82) is 0 Å². The third kappa shape index (κ3) is 3.22. The smallest absolute Gasteiger partial charge is 0.231 e. The highest BCUT2D eigenvalue weighted by atomic mass is 79.9. The van der Waals surface area contributed by atoms with E-state index in [1.807, 2.05) is 6.07 Å². The second-order valence-electron chi connectivity index (χ2n) is 5.20. The number of hydrogen-bond acceptors (Lipinski definition) is 4. The lowest BCUT2D eigenvalue weighted by atomic mass is 10.2. The number of halogens is 1. The van der Waals surface area contributed by atoms with Gasteiger partial charge in [-0.05, 0) is 53.5 Å². The Hall–Kier alpha value is -0.780. The minimum atomic E-state index is 0.316. The van der Waals surface area contributed by atoms with Crippen LogP contribution >= 0.6 is 15.9 Å². The summed E-state index contributed by atoms with van der Waals surface area (Å²) in [6, 6.07) is 4.97. The normalized spacial score (nSPS) is 17.2. The SMILES string of the molecule is CN(CCNCc1cc(Br)c2c(c1)OCO2)C1CC1. The van der Waals surface area contributed by atoms with Crippen molar-refractivity contribution in [3.8, 4) is 11.5 Å². The molecule has 0 atom stereocenters. The van der Waals surface area contributed by atoms with Crippen LogP contribution in [0.4, 0.5) is 0 Å². The van der Waals surface area contributed by atoms with Crippen molar-refractivity contribution in [1.82, 2.24) is 10.2 Å². The van der Waals surface area contributed by atoms with Crippen LogP contribution in [0.25, 0.3) is 0 Å². The number of rotatable bonds is 6. The second kappa shape index (κ2) is 5.69. The summed E-state index contributed by atoms with van der Waals surface area (Å²) in [5.41, 5.74) is 1.21. The fourth-order valence-corrected chi connectivity index (χ4v) is 2.91. The molecule has 1 aliphatic heterocycles. The molecule has 3 rings (SSSR count). The zero-order valence-electron chi connectivity index (χ0n) is 11.1. The minimum absolute atomic E-state index is 0.316.